The maximum absolute atomic E-state index is 12.9. The molecule has 0 radical (unpaired) electrons. The summed E-state index contributed by atoms with van der Waals surface area (Å²) in [4.78, 5) is 36.5. The Morgan fingerprint density at radius 3 is 1.69 bits per heavy atom. The maximum atomic E-state index is 12.9. The van der Waals surface area contributed by atoms with E-state index in [1.54, 1.807) is 6.08 Å². The Morgan fingerprint density at radius 1 is 0.750 bits per heavy atom. The first-order chi connectivity index (χ1) is 17.4. The molecule has 0 amide bonds. The minimum atomic E-state index is -1.18. The average Bonchev–Trinajstić information content (AvgIpc) is 2.86. The maximum Gasteiger partial charge on any atom is 0.333 e. The van der Waals surface area contributed by atoms with Crippen LogP contribution in [0.2, 0.25) is 0 Å². The number of aliphatic carboxylic acids is 2. The topological polar surface area (TPSA) is 101 Å². The summed E-state index contributed by atoms with van der Waals surface area (Å²) < 4.78 is 5.53. The fraction of sp³-hybridized carbons (Fsp3) is 0.833. The standard InChI is InChI=1S/C30H52O6/c1-3-5-7-9-10-11-12-13-14-15-16-18-26(28(33)36-23-17-8-6-4-2)24-30(29(34)35)21-19-25(20-22-30)27(31)32/h24-25H,3-23H2,1-2H3,(H,31,32)(H,34,35). The van der Waals surface area contributed by atoms with E-state index >= 15 is 0 Å². The van der Waals surface area contributed by atoms with E-state index in [9.17, 15) is 24.6 Å². The molecular formula is C30H52O6. The molecule has 1 aliphatic rings. The SMILES string of the molecule is CCCCCCCCCCCCCC(=CC1(C(=O)O)CCC(C(=O)O)CC1)C(=O)OCCCCCC. The van der Waals surface area contributed by atoms with Gasteiger partial charge in [0.2, 0.25) is 0 Å². The van der Waals surface area contributed by atoms with Crippen molar-refractivity contribution in [3.05, 3.63) is 11.6 Å². The first-order valence-electron chi connectivity index (χ1n) is 14.7. The molecule has 0 unspecified atom stereocenters. The van der Waals surface area contributed by atoms with E-state index in [1.807, 2.05) is 0 Å². The van der Waals surface area contributed by atoms with Crippen molar-refractivity contribution in [2.24, 2.45) is 11.3 Å². The van der Waals surface area contributed by atoms with Crippen LogP contribution in [0.4, 0.5) is 0 Å². The quantitative estimate of drug-likeness (QED) is 0.0923. The Labute approximate surface area is 219 Å². The number of carbonyl (C=O) groups is 3. The molecule has 6 heteroatoms. The minimum absolute atomic E-state index is 0.241. The van der Waals surface area contributed by atoms with Gasteiger partial charge in [-0.15, -0.1) is 0 Å². The number of carboxylic acids is 2. The van der Waals surface area contributed by atoms with Crippen LogP contribution in [0.15, 0.2) is 11.6 Å². The molecule has 0 aromatic rings. The van der Waals surface area contributed by atoms with Crippen LogP contribution in [0.25, 0.3) is 0 Å². The van der Waals surface area contributed by atoms with Gasteiger partial charge in [-0.25, -0.2) is 4.79 Å². The third-order valence-electron chi connectivity index (χ3n) is 7.65. The highest BCUT2D eigenvalue weighted by Crippen LogP contribution is 2.42. The van der Waals surface area contributed by atoms with Gasteiger partial charge >= 0.3 is 17.9 Å². The van der Waals surface area contributed by atoms with Crippen molar-refractivity contribution in [1.82, 2.24) is 0 Å². The van der Waals surface area contributed by atoms with E-state index in [2.05, 4.69) is 13.8 Å². The van der Waals surface area contributed by atoms with Gasteiger partial charge in [0.25, 0.3) is 0 Å². The lowest BCUT2D eigenvalue weighted by molar-refractivity contribution is -0.152. The summed E-state index contributed by atoms with van der Waals surface area (Å²) in [6.07, 6.45) is 20.6. The van der Waals surface area contributed by atoms with Crippen molar-refractivity contribution in [2.45, 2.75) is 142 Å². The zero-order valence-corrected chi connectivity index (χ0v) is 23.0. The minimum Gasteiger partial charge on any atom is -0.481 e. The van der Waals surface area contributed by atoms with E-state index < -0.39 is 29.2 Å². The van der Waals surface area contributed by atoms with Crippen molar-refractivity contribution >= 4 is 17.9 Å². The lowest BCUT2D eigenvalue weighted by Gasteiger charge is -2.33. The molecule has 0 aromatic heterocycles. The number of carbonyl (C=O) groups excluding carboxylic acids is 1. The van der Waals surface area contributed by atoms with Crippen molar-refractivity contribution < 1.29 is 29.3 Å². The number of ether oxygens (including phenoxy) is 1. The van der Waals surface area contributed by atoms with E-state index in [-0.39, 0.29) is 12.8 Å². The molecule has 208 valence electrons. The van der Waals surface area contributed by atoms with Crippen molar-refractivity contribution in [2.75, 3.05) is 6.61 Å². The molecule has 0 aromatic carbocycles. The monoisotopic (exact) mass is 508 g/mol. The van der Waals surface area contributed by atoms with Crippen molar-refractivity contribution in [3.63, 3.8) is 0 Å². The average molecular weight is 509 g/mol. The van der Waals surface area contributed by atoms with Gasteiger partial charge in [0.05, 0.1) is 17.9 Å². The summed E-state index contributed by atoms with van der Waals surface area (Å²) >= 11 is 0. The van der Waals surface area contributed by atoms with Gasteiger partial charge in [-0.3, -0.25) is 9.59 Å². The molecule has 1 rings (SSSR count). The molecule has 1 saturated carbocycles. The Bertz CT molecular complexity index is 660. The highest BCUT2D eigenvalue weighted by Gasteiger charge is 2.42. The van der Waals surface area contributed by atoms with E-state index in [0.29, 0.717) is 31.4 Å². The molecular weight excluding hydrogens is 456 g/mol. The van der Waals surface area contributed by atoms with Gasteiger partial charge in [-0.1, -0.05) is 103 Å². The number of esters is 1. The zero-order chi connectivity index (χ0) is 26.7. The normalized spacial score (nSPS) is 20.3. The molecule has 0 atom stereocenters. The molecule has 6 nitrogen and oxygen atoms in total. The number of rotatable bonds is 21. The van der Waals surface area contributed by atoms with Crippen LogP contribution < -0.4 is 0 Å². The van der Waals surface area contributed by atoms with E-state index in [0.717, 1.165) is 44.9 Å². The van der Waals surface area contributed by atoms with Gasteiger partial charge in [-0.05, 0) is 44.9 Å². The van der Waals surface area contributed by atoms with E-state index in [1.165, 1.54) is 51.4 Å². The van der Waals surface area contributed by atoms with Gasteiger partial charge in [-0.2, -0.15) is 0 Å². The summed E-state index contributed by atoms with van der Waals surface area (Å²) in [5.41, 5.74) is -0.724. The van der Waals surface area contributed by atoms with Crippen LogP contribution in [0.1, 0.15) is 142 Å². The zero-order valence-electron chi connectivity index (χ0n) is 23.0. The van der Waals surface area contributed by atoms with Crippen LogP contribution in [-0.2, 0) is 19.1 Å². The van der Waals surface area contributed by atoms with Gasteiger partial charge in [0, 0.05) is 5.57 Å². The first-order valence-corrected chi connectivity index (χ1v) is 14.7. The number of carboxylic acid groups (broad SMARTS) is 2. The largest absolute Gasteiger partial charge is 0.481 e. The molecule has 36 heavy (non-hydrogen) atoms. The van der Waals surface area contributed by atoms with Gasteiger partial charge < -0.3 is 14.9 Å². The molecule has 0 bridgehead atoms. The smallest absolute Gasteiger partial charge is 0.333 e. The summed E-state index contributed by atoms with van der Waals surface area (Å²) in [6.45, 7) is 4.72. The lowest BCUT2D eigenvalue weighted by Crippen LogP contribution is -2.36. The molecule has 1 aliphatic carbocycles. The first kappa shape index (κ1) is 32.2. The second kappa shape index (κ2) is 19.3. The summed E-state index contributed by atoms with van der Waals surface area (Å²) in [7, 11) is 0. The number of hydrogen-bond donors (Lipinski definition) is 2. The number of unbranched alkanes of at least 4 members (excludes halogenated alkanes) is 13. The summed E-state index contributed by atoms with van der Waals surface area (Å²) in [5, 5.41) is 19.3. The van der Waals surface area contributed by atoms with Crippen molar-refractivity contribution in [3.8, 4) is 0 Å². The molecule has 0 spiro atoms. The Balaban J connectivity index is 2.64. The summed E-state index contributed by atoms with van der Waals surface area (Å²) in [6, 6.07) is 0. The fourth-order valence-corrected chi connectivity index (χ4v) is 5.13. The second-order valence-corrected chi connectivity index (χ2v) is 10.7. The fourth-order valence-electron chi connectivity index (χ4n) is 5.13. The van der Waals surface area contributed by atoms with Crippen LogP contribution in [0.3, 0.4) is 0 Å². The second-order valence-electron chi connectivity index (χ2n) is 10.7. The predicted molar refractivity (Wildman–Crippen MR) is 144 cm³/mol. The molecule has 0 heterocycles. The van der Waals surface area contributed by atoms with E-state index in [4.69, 9.17) is 4.74 Å². The Kier molecular flexibility index (Phi) is 17.2. The van der Waals surface area contributed by atoms with Crippen LogP contribution in [0.5, 0.6) is 0 Å². The third-order valence-corrected chi connectivity index (χ3v) is 7.65. The number of hydrogen-bond acceptors (Lipinski definition) is 4. The third kappa shape index (κ3) is 12.9. The lowest BCUT2D eigenvalue weighted by atomic mass is 9.69. The Morgan fingerprint density at radius 2 is 1.22 bits per heavy atom. The molecule has 0 aliphatic heterocycles. The molecule has 1 fully saturated rings. The highest BCUT2D eigenvalue weighted by molar-refractivity contribution is 5.90. The summed E-state index contributed by atoms with van der Waals surface area (Å²) in [5.74, 6) is -2.75. The molecule has 2 N–H and O–H groups in total. The van der Waals surface area contributed by atoms with Gasteiger partial charge in [0.15, 0.2) is 0 Å². The van der Waals surface area contributed by atoms with Crippen molar-refractivity contribution in [1.29, 1.82) is 0 Å². The van der Waals surface area contributed by atoms with Crippen LogP contribution in [0, 0.1) is 11.3 Å². The highest BCUT2D eigenvalue weighted by atomic mass is 16.5. The Hall–Kier alpha value is -1.85. The predicted octanol–water partition coefficient (Wildman–Crippen LogP) is 8.08. The van der Waals surface area contributed by atoms with Crippen LogP contribution >= 0.6 is 0 Å². The van der Waals surface area contributed by atoms with Crippen LogP contribution in [-0.4, -0.2) is 34.7 Å². The molecule has 0 saturated heterocycles. The van der Waals surface area contributed by atoms with Gasteiger partial charge in [0.1, 0.15) is 0 Å².